The van der Waals surface area contributed by atoms with Gasteiger partial charge in [0.15, 0.2) is 0 Å². The molecule has 0 radical (unpaired) electrons. The molecule has 1 aromatic rings. The van der Waals surface area contributed by atoms with Crippen LogP contribution < -0.4 is 5.32 Å². The van der Waals surface area contributed by atoms with Gasteiger partial charge in [-0.15, -0.1) is 0 Å². The minimum absolute atomic E-state index is 0.0584. The Morgan fingerprint density at radius 3 is 2.16 bits per heavy atom. The van der Waals surface area contributed by atoms with Crippen molar-refractivity contribution in [1.29, 1.82) is 0 Å². The number of rotatable bonds is 7. The molecule has 1 atom stereocenters. The number of carbonyl (C=O) groups is 2. The van der Waals surface area contributed by atoms with Crippen molar-refractivity contribution in [2.45, 2.75) is 64.8 Å². The van der Waals surface area contributed by atoms with Gasteiger partial charge in [0, 0.05) is 25.0 Å². The van der Waals surface area contributed by atoms with Crippen LogP contribution in [0.2, 0.25) is 0 Å². The number of amides is 2. The zero-order valence-electron chi connectivity index (χ0n) is 15.8. The number of piperidine rings is 1. The normalized spacial score (nSPS) is 16.7. The Kier molecular flexibility index (Phi) is 7.48. The van der Waals surface area contributed by atoms with Crippen LogP contribution in [0.15, 0.2) is 30.3 Å². The lowest BCUT2D eigenvalue weighted by Crippen LogP contribution is -2.48. The number of nitrogens with one attached hydrogen (secondary N) is 1. The van der Waals surface area contributed by atoms with Crippen molar-refractivity contribution < 1.29 is 9.59 Å². The molecule has 1 fully saturated rings. The van der Waals surface area contributed by atoms with E-state index in [1.165, 1.54) is 0 Å². The summed E-state index contributed by atoms with van der Waals surface area (Å²) in [7, 11) is 0. The Labute approximate surface area is 152 Å². The number of benzene rings is 1. The van der Waals surface area contributed by atoms with E-state index < -0.39 is 0 Å². The van der Waals surface area contributed by atoms with Crippen LogP contribution in [0.4, 0.5) is 0 Å². The second-order valence-electron chi connectivity index (χ2n) is 6.99. The summed E-state index contributed by atoms with van der Waals surface area (Å²) in [5.74, 6) is 0.447. The van der Waals surface area contributed by atoms with Gasteiger partial charge in [-0.2, -0.15) is 0 Å². The zero-order valence-corrected chi connectivity index (χ0v) is 15.8. The molecule has 1 unspecified atom stereocenters. The molecular formula is C21H32N2O2. The minimum atomic E-state index is -0.0584. The first kappa shape index (κ1) is 19.5. The van der Waals surface area contributed by atoms with E-state index >= 15 is 0 Å². The van der Waals surface area contributed by atoms with Crippen LogP contribution in [0.1, 0.15) is 64.4 Å². The summed E-state index contributed by atoms with van der Waals surface area (Å²) < 4.78 is 0. The van der Waals surface area contributed by atoms with Crippen molar-refractivity contribution in [3.63, 3.8) is 0 Å². The van der Waals surface area contributed by atoms with Crippen molar-refractivity contribution in [3.05, 3.63) is 35.9 Å². The molecule has 138 valence electrons. The van der Waals surface area contributed by atoms with E-state index in [4.69, 9.17) is 0 Å². The molecule has 2 rings (SSSR count). The Bertz CT molecular complexity index is 546. The Morgan fingerprint density at radius 2 is 1.64 bits per heavy atom. The minimum Gasteiger partial charge on any atom is -0.353 e. The molecule has 0 saturated carbocycles. The molecule has 1 aliphatic rings. The lowest BCUT2D eigenvalue weighted by Gasteiger charge is -2.35. The van der Waals surface area contributed by atoms with Gasteiger partial charge in [0.05, 0.1) is 5.92 Å². The molecule has 1 N–H and O–H groups in total. The topological polar surface area (TPSA) is 49.4 Å². The highest BCUT2D eigenvalue weighted by molar-refractivity contribution is 5.84. The highest BCUT2D eigenvalue weighted by Gasteiger charge is 2.29. The predicted octanol–water partition coefficient (Wildman–Crippen LogP) is 3.72. The fourth-order valence-electron chi connectivity index (χ4n) is 3.68. The van der Waals surface area contributed by atoms with Gasteiger partial charge in [-0.05, 0) is 37.7 Å². The van der Waals surface area contributed by atoms with Crippen LogP contribution in [0.5, 0.6) is 0 Å². The summed E-state index contributed by atoms with van der Waals surface area (Å²) in [5.41, 5.74) is 1.10. The second kappa shape index (κ2) is 9.59. The van der Waals surface area contributed by atoms with Gasteiger partial charge in [-0.3, -0.25) is 9.59 Å². The number of hydrogen-bond acceptors (Lipinski definition) is 2. The van der Waals surface area contributed by atoms with Gasteiger partial charge in [-0.1, -0.05) is 51.1 Å². The number of nitrogens with zero attached hydrogens (tertiary/aromatic N) is 1. The van der Waals surface area contributed by atoms with Crippen molar-refractivity contribution in [2.24, 2.45) is 5.92 Å². The van der Waals surface area contributed by atoms with Crippen molar-refractivity contribution in [1.82, 2.24) is 10.2 Å². The van der Waals surface area contributed by atoms with Gasteiger partial charge in [0.25, 0.3) is 0 Å². The first-order valence-electron chi connectivity index (χ1n) is 9.74. The van der Waals surface area contributed by atoms with Crippen molar-refractivity contribution >= 4 is 11.8 Å². The molecule has 0 spiro atoms. The second-order valence-corrected chi connectivity index (χ2v) is 6.99. The summed E-state index contributed by atoms with van der Waals surface area (Å²) in [4.78, 5) is 27.1. The average molecular weight is 344 g/mol. The Morgan fingerprint density at radius 1 is 1.04 bits per heavy atom. The smallest absolute Gasteiger partial charge is 0.230 e. The van der Waals surface area contributed by atoms with Gasteiger partial charge < -0.3 is 10.2 Å². The Balaban J connectivity index is 1.88. The van der Waals surface area contributed by atoms with E-state index in [1.54, 1.807) is 0 Å². The molecule has 0 bridgehead atoms. The van der Waals surface area contributed by atoms with Crippen LogP contribution in [-0.2, 0) is 9.59 Å². The molecule has 4 nitrogen and oxygen atoms in total. The summed E-state index contributed by atoms with van der Waals surface area (Å²) in [6.07, 6.45) is 4.28. The number of carbonyl (C=O) groups excluding carboxylic acids is 2. The lowest BCUT2D eigenvalue weighted by molar-refractivity contribution is -0.134. The Hall–Kier alpha value is -1.84. The van der Waals surface area contributed by atoms with Crippen LogP contribution >= 0.6 is 0 Å². The first-order valence-corrected chi connectivity index (χ1v) is 9.74. The third kappa shape index (κ3) is 5.07. The van der Waals surface area contributed by atoms with E-state index in [2.05, 4.69) is 26.1 Å². The fourth-order valence-corrected chi connectivity index (χ4v) is 3.68. The van der Waals surface area contributed by atoms with Gasteiger partial charge in [-0.25, -0.2) is 0 Å². The maximum absolute atomic E-state index is 12.9. The van der Waals surface area contributed by atoms with Crippen LogP contribution in [-0.4, -0.2) is 35.8 Å². The fraction of sp³-hybridized carbons (Fsp3) is 0.619. The monoisotopic (exact) mass is 344 g/mol. The number of hydrogen-bond donors (Lipinski definition) is 1. The largest absolute Gasteiger partial charge is 0.353 e. The standard InChI is InChI=1S/C21H32N2O2/c1-4-16(5-2)20(24)22-18-12-14-23(15-13-18)21(25)19(6-3)17-10-8-7-9-11-17/h7-11,16,18-19H,4-6,12-15H2,1-3H3,(H,22,24). The molecule has 4 heteroatoms. The lowest BCUT2D eigenvalue weighted by atomic mass is 9.93. The molecule has 0 aliphatic carbocycles. The summed E-state index contributed by atoms with van der Waals surface area (Å²) >= 11 is 0. The van der Waals surface area contributed by atoms with Crippen LogP contribution in [0.25, 0.3) is 0 Å². The molecule has 25 heavy (non-hydrogen) atoms. The first-order chi connectivity index (χ1) is 12.1. The van der Waals surface area contributed by atoms with Gasteiger partial charge in [0.1, 0.15) is 0 Å². The van der Waals surface area contributed by atoms with Crippen LogP contribution in [0.3, 0.4) is 0 Å². The van der Waals surface area contributed by atoms with Gasteiger partial charge in [0.2, 0.25) is 11.8 Å². The molecule has 0 aromatic heterocycles. The van der Waals surface area contributed by atoms with E-state index in [0.29, 0.717) is 0 Å². The molecule has 1 aromatic carbocycles. The van der Waals surface area contributed by atoms with E-state index in [9.17, 15) is 9.59 Å². The molecule has 1 saturated heterocycles. The van der Waals surface area contributed by atoms with E-state index in [1.807, 2.05) is 35.2 Å². The van der Waals surface area contributed by atoms with E-state index in [-0.39, 0.29) is 29.7 Å². The molecule has 2 amide bonds. The van der Waals surface area contributed by atoms with Crippen LogP contribution in [0, 0.1) is 5.92 Å². The summed E-state index contributed by atoms with van der Waals surface area (Å²) in [6, 6.07) is 10.2. The summed E-state index contributed by atoms with van der Waals surface area (Å²) in [6.45, 7) is 7.65. The zero-order chi connectivity index (χ0) is 18.2. The third-order valence-electron chi connectivity index (χ3n) is 5.42. The van der Waals surface area contributed by atoms with Gasteiger partial charge >= 0.3 is 0 Å². The SMILES string of the molecule is CCC(CC)C(=O)NC1CCN(C(=O)C(CC)c2ccccc2)CC1. The quantitative estimate of drug-likeness (QED) is 0.819. The molecule has 1 aliphatic heterocycles. The highest BCUT2D eigenvalue weighted by atomic mass is 16.2. The highest BCUT2D eigenvalue weighted by Crippen LogP contribution is 2.24. The maximum Gasteiger partial charge on any atom is 0.230 e. The maximum atomic E-state index is 12.9. The molecule has 1 heterocycles. The number of likely N-dealkylation sites (tertiary alicyclic amines) is 1. The molecular weight excluding hydrogens is 312 g/mol. The average Bonchev–Trinajstić information content (AvgIpc) is 2.65. The summed E-state index contributed by atoms with van der Waals surface area (Å²) in [5, 5.41) is 3.18. The third-order valence-corrected chi connectivity index (χ3v) is 5.42. The predicted molar refractivity (Wildman–Crippen MR) is 101 cm³/mol. The van der Waals surface area contributed by atoms with E-state index in [0.717, 1.165) is 50.8 Å². The van der Waals surface area contributed by atoms with Crippen molar-refractivity contribution in [3.8, 4) is 0 Å². The van der Waals surface area contributed by atoms with Crippen molar-refractivity contribution in [2.75, 3.05) is 13.1 Å².